The maximum atomic E-state index is 5.93. The van der Waals surface area contributed by atoms with Crippen molar-refractivity contribution >= 4 is 15.9 Å². The van der Waals surface area contributed by atoms with Gasteiger partial charge in [0.05, 0.1) is 31.3 Å². The second-order valence-electron chi connectivity index (χ2n) is 2.87. The number of aromatic nitrogens is 2. The van der Waals surface area contributed by atoms with Crippen molar-refractivity contribution in [3.63, 3.8) is 0 Å². The number of hydrogen-bond acceptors (Lipinski definition) is 4. The Hall–Kier alpha value is -0.520. The summed E-state index contributed by atoms with van der Waals surface area (Å²) in [5, 5.41) is 0. The molecule has 0 saturated carbocycles. The normalized spacial score (nSPS) is 20.2. The number of ether oxygens (including phenoxy) is 1. The molecule has 0 bridgehead atoms. The average Bonchev–Trinajstić information content (AvgIpc) is 2.02. The number of halogens is 1. The third-order valence-corrected chi connectivity index (χ3v) is 2.26. The first-order valence-corrected chi connectivity index (χ1v) is 4.35. The zero-order valence-corrected chi connectivity index (χ0v) is 7.91. The van der Waals surface area contributed by atoms with E-state index in [0.29, 0.717) is 13.2 Å². The van der Waals surface area contributed by atoms with Crippen LogP contribution in [0.4, 0.5) is 0 Å². The van der Waals surface area contributed by atoms with Crippen molar-refractivity contribution in [3.05, 3.63) is 22.7 Å². The van der Waals surface area contributed by atoms with E-state index in [9.17, 15) is 0 Å². The van der Waals surface area contributed by atoms with Crippen LogP contribution in [0.2, 0.25) is 0 Å². The van der Waals surface area contributed by atoms with E-state index in [4.69, 9.17) is 10.5 Å². The Balaban J connectivity index is 2.28. The lowest BCUT2D eigenvalue weighted by atomic mass is 9.95. The van der Waals surface area contributed by atoms with Crippen molar-refractivity contribution in [1.29, 1.82) is 0 Å². The fourth-order valence-electron chi connectivity index (χ4n) is 1.04. The van der Waals surface area contributed by atoms with Crippen LogP contribution in [0, 0.1) is 0 Å². The largest absolute Gasteiger partial charge is 0.377 e. The number of nitrogens with two attached hydrogens (primary N) is 1. The molecule has 0 amide bonds. The smallest absolute Gasteiger partial charge is 0.124 e. The summed E-state index contributed by atoms with van der Waals surface area (Å²) in [4.78, 5) is 8.20. The Morgan fingerprint density at radius 1 is 1.42 bits per heavy atom. The van der Waals surface area contributed by atoms with Gasteiger partial charge in [0.1, 0.15) is 10.1 Å². The van der Waals surface area contributed by atoms with Crippen molar-refractivity contribution in [2.75, 3.05) is 13.2 Å². The van der Waals surface area contributed by atoms with Gasteiger partial charge in [0.25, 0.3) is 0 Å². The molecule has 1 aromatic rings. The molecule has 2 rings (SSSR count). The second kappa shape index (κ2) is 2.76. The molecule has 1 aliphatic heterocycles. The fourth-order valence-corrected chi connectivity index (χ4v) is 1.24. The minimum atomic E-state index is -0.409. The van der Waals surface area contributed by atoms with E-state index in [-0.39, 0.29) is 0 Å². The number of hydrogen-bond donors (Lipinski definition) is 1. The molecular weight excluding hydrogens is 222 g/mol. The predicted molar refractivity (Wildman–Crippen MR) is 46.4 cm³/mol. The van der Waals surface area contributed by atoms with E-state index in [1.54, 1.807) is 12.4 Å². The quantitative estimate of drug-likeness (QED) is 0.759. The highest BCUT2D eigenvalue weighted by molar-refractivity contribution is 9.10. The van der Waals surface area contributed by atoms with Gasteiger partial charge in [0.15, 0.2) is 0 Å². The Bertz CT molecular complexity index is 283. The molecule has 2 heterocycles. The summed E-state index contributed by atoms with van der Waals surface area (Å²) in [7, 11) is 0. The van der Waals surface area contributed by atoms with Crippen LogP contribution < -0.4 is 5.73 Å². The first-order valence-electron chi connectivity index (χ1n) is 3.55. The molecule has 0 unspecified atom stereocenters. The molecule has 0 atom stereocenters. The molecule has 4 nitrogen and oxygen atoms in total. The molecule has 1 saturated heterocycles. The Morgan fingerprint density at radius 2 is 2.17 bits per heavy atom. The summed E-state index contributed by atoms with van der Waals surface area (Å²) in [5.74, 6) is 0. The van der Waals surface area contributed by atoms with Gasteiger partial charge >= 0.3 is 0 Å². The van der Waals surface area contributed by atoms with Crippen LogP contribution in [0.5, 0.6) is 0 Å². The monoisotopic (exact) mass is 229 g/mol. The first-order chi connectivity index (χ1) is 5.71. The van der Waals surface area contributed by atoms with Crippen molar-refractivity contribution in [1.82, 2.24) is 9.97 Å². The molecule has 1 fully saturated rings. The van der Waals surface area contributed by atoms with Crippen molar-refractivity contribution in [3.8, 4) is 0 Å². The zero-order valence-electron chi connectivity index (χ0n) is 6.33. The number of rotatable bonds is 1. The molecule has 1 aliphatic rings. The first kappa shape index (κ1) is 8.10. The van der Waals surface area contributed by atoms with E-state index in [1.165, 1.54) is 0 Å². The minimum absolute atomic E-state index is 0.409. The fraction of sp³-hybridized carbons (Fsp3) is 0.429. The van der Waals surface area contributed by atoms with Crippen LogP contribution in [-0.2, 0) is 10.3 Å². The SMILES string of the molecule is NC1(c2cnc(Br)cn2)COC1. The molecule has 5 heteroatoms. The molecule has 1 aromatic heterocycles. The van der Waals surface area contributed by atoms with Gasteiger partial charge in [-0.05, 0) is 15.9 Å². The molecule has 12 heavy (non-hydrogen) atoms. The van der Waals surface area contributed by atoms with Crippen molar-refractivity contribution < 1.29 is 4.74 Å². The summed E-state index contributed by atoms with van der Waals surface area (Å²) in [5.41, 5.74) is 6.31. The molecule has 0 spiro atoms. The van der Waals surface area contributed by atoms with Crippen LogP contribution in [0.15, 0.2) is 17.0 Å². The topological polar surface area (TPSA) is 61.0 Å². The van der Waals surface area contributed by atoms with Crippen LogP contribution in [0.1, 0.15) is 5.69 Å². The predicted octanol–water partition coefficient (Wildman–Crippen LogP) is 0.423. The van der Waals surface area contributed by atoms with Gasteiger partial charge < -0.3 is 10.5 Å². The summed E-state index contributed by atoms with van der Waals surface area (Å²) < 4.78 is 5.74. The standard InChI is InChI=1S/C7H8BrN3O/c8-6-2-10-5(1-11-6)7(9)3-12-4-7/h1-2H,3-4,9H2. The van der Waals surface area contributed by atoms with E-state index < -0.39 is 5.54 Å². The highest BCUT2D eigenvalue weighted by Crippen LogP contribution is 2.24. The maximum Gasteiger partial charge on any atom is 0.124 e. The van der Waals surface area contributed by atoms with Crippen LogP contribution in [0.3, 0.4) is 0 Å². The molecular formula is C7H8BrN3O. The lowest BCUT2D eigenvalue weighted by Crippen LogP contribution is -2.54. The molecule has 64 valence electrons. The molecule has 0 radical (unpaired) electrons. The highest BCUT2D eigenvalue weighted by atomic mass is 79.9. The van der Waals surface area contributed by atoms with Crippen LogP contribution >= 0.6 is 15.9 Å². The Kier molecular flexibility index (Phi) is 1.86. The summed E-state index contributed by atoms with van der Waals surface area (Å²) >= 11 is 3.21. The molecule has 0 aromatic carbocycles. The van der Waals surface area contributed by atoms with Crippen LogP contribution in [-0.4, -0.2) is 23.2 Å². The Labute approximate surface area is 78.3 Å². The van der Waals surface area contributed by atoms with Crippen molar-refractivity contribution in [2.45, 2.75) is 5.54 Å². The van der Waals surface area contributed by atoms with Gasteiger partial charge in [0.2, 0.25) is 0 Å². The third kappa shape index (κ3) is 1.24. The van der Waals surface area contributed by atoms with Gasteiger partial charge in [-0.1, -0.05) is 0 Å². The lowest BCUT2D eigenvalue weighted by molar-refractivity contribution is -0.0592. The second-order valence-corrected chi connectivity index (χ2v) is 3.69. The van der Waals surface area contributed by atoms with E-state index >= 15 is 0 Å². The lowest BCUT2D eigenvalue weighted by Gasteiger charge is -2.36. The van der Waals surface area contributed by atoms with Gasteiger partial charge in [-0.2, -0.15) is 0 Å². The minimum Gasteiger partial charge on any atom is -0.377 e. The molecule has 0 aliphatic carbocycles. The third-order valence-electron chi connectivity index (χ3n) is 1.85. The highest BCUT2D eigenvalue weighted by Gasteiger charge is 2.37. The Morgan fingerprint density at radius 3 is 2.58 bits per heavy atom. The van der Waals surface area contributed by atoms with Gasteiger partial charge in [-0.15, -0.1) is 0 Å². The van der Waals surface area contributed by atoms with Gasteiger partial charge in [-0.3, -0.25) is 4.98 Å². The maximum absolute atomic E-state index is 5.93. The summed E-state index contributed by atoms with van der Waals surface area (Å²) in [6.45, 7) is 1.06. The zero-order chi connectivity index (χ0) is 8.60. The summed E-state index contributed by atoms with van der Waals surface area (Å²) in [6, 6.07) is 0. The van der Waals surface area contributed by atoms with E-state index in [1.807, 2.05) is 0 Å². The van der Waals surface area contributed by atoms with E-state index in [0.717, 1.165) is 10.3 Å². The summed E-state index contributed by atoms with van der Waals surface area (Å²) in [6.07, 6.45) is 3.31. The van der Waals surface area contributed by atoms with E-state index in [2.05, 4.69) is 25.9 Å². The van der Waals surface area contributed by atoms with Gasteiger partial charge in [-0.25, -0.2) is 4.98 Å². The van der Waals surface area contributed by atoms with Crippen molar-refractivity contribution in [2.24, 2.45) is 5.73 Å². The van der Waals surface area contributed by atoms with Gasteiger partial charge in [0, 0.05) is 0 Å². The molecule has 2 N–H and O–H groups in total. The van der Waals surface area contributed by atoms with Crippen LogP contribution in [0.25, 0.3) is 0 Å². The number of nitrogens with zero attached hydrogens (tertiary/aromatic N) is 2. The average molecular weight is 230 g/mol.